The van der Waals surface area contributed by atoms with Crippen LogP contribution in [0.1, 0.15) is 12.8 Å². The number of ether oxygens (including phenoxy) is 4. The summed E-state index contributed by atoms with van der Waals surface area (Å²) < 4.78 is 21.2. The van der Waals surface area contributed by atoms with E-state index in [-0.39, 0.29) is 13.2 Å². The summed E-state index contributed by atoms with van der Waals surface area (Å²) in [7, 11) is 0. The Kier molecular flexibility index (Phi) is 11.6. The van der Waals surface area contributed by atoms with E-state index in [0.29, 0.717) is 12.8 Å². The molecule has 0 aromatic carbocycles. The third-order valence-electron chi connectivity index (χ3n) is 5.21. The third kappa shape index (κ3) is 7.25. The maximum absolute atomic E-state index is 9.87. The van der Waals surface area contributed by atoms with E-state index in [1.54, 1.807) is 24.3 Å². The molecule has 2 aliphatic rings. The molecule has 0 amide bonds. The zero-order valence-electron chi connectivity index (χ0n) is 17.5. The largest absolute Gasteiger partial charge is 0.394 e. The predicted molar refractivity (Wildman–Crippen MR) is 107 cm³/mol. The molecule has 0 bridgehead atoms. The molecule has 186 valence electrons. The van der Waals surface area contributed by atoms with Gasteiger partial charge in [0.15, 0.2) is 12.6 Å². The molecule has 0 spiro atoms. The van der Waals surface area contributed by atoms with Gasteiger partial charge in [0.05, 0.1) is 26.4 Å². The van der Waals surface area contributed by atoms with Gasteiger partial charge in [0.25, 0.3) is 0 Å². The number of aliphatic hydroxyl groups excluding tert-OH is 8. The van der Waals surface area contributed by atoms with Gasteiger partial charge in [-0.3, -0.25) is 0 Å². The van der Waals surface area contributed by atoms with E-state index in [0.717, 1.165) is 0 Å². The molecule has 12 nitrogen and oxygen atoms in total. The zero-order valence-corrected chi connectivity index (χ0v) is 17.5. The number of allylic oxidation sites excluding steroid dienone is 2. The van der Waals surface area contributed by atoms with Crippen LogP contribution >= 0.6 is 0 Å². The van der Waals surface area contributed by atoms with Gasteiger partial charge in [-0.1, -0.05) is 24.3 Å². The Bertz CT molecular complexity index is 533. The molecule has 0 saturated carbocycles. The van der Waals surface area contributed by atoms with Gasteiger partial charge in [0.1, 0.15) is 48.8 Å². The van der Waals surface area contributed by atoms with Crippen molar-refractivity contribution in [2.75, 3.05) is 26.4 Å². The highest BCUT2D eigenvalue weighted by atomic mass is 16.7. The van der Waals surface area contributed by atoms with Crippen molar-refractivity contribution in [2.45, 2.75) is 74.3 Å². The monoisotopic (exact) mass is 466 g/mol. The van der Waals surface area contributed by atoms with E-state index >= 15 is 0 Å². The van der Waals surface area contributed by atoms with Crippen LogP contribution in [0.5, 0.6) is 0 Å². The van der Waals surface area contributed by atoms with Gasteiger partial charge in [0.2, 0.25) is 0 Å². The summed E-state index contributed by atoms with van der Waals surface area (Å²) in [5, 5.41) is 76.8. The Morgan fingerprint density at radius 3 is 1.28 bits per heavy atom. The summed E-state index contributed by atoms with van der Waals surface area (Å²) in [6.45, 7) is -0.689. The van der Waals surface area contributed by atoms with Crippen molar-refractivity contribution in [3.8, 4) is 0 Å². The molecule has 8 N–H and O–H groups in total. The fourth-order valence-corrected chi connectivity index (χ4v) is 3.26. The van der Waals surface area contributed by atoms with Gasteiger partial charge in [-0.2, -0.15) is 0 Å². The van der Waals surface area contributed by atoms with Crippen LogP contribution in [-0.4, -0.2) is 129 Å². The molecule has 2 aliphatic heterocycles. The standard InChI is InChI=1S/C20H34O12/c21-9-11-13(23)15(25)17(27)19(31-11)29-7-5-3-1-2-4-6-8-30-20-18(28)16(26)14(24)12(10-22)32-20/h1-4,11-28H,5-10H2/b3-1-,4-2+/t11?,12?,13-,14+,15?,16-,17?,18?,19+,20-/m0/s1. The number of hydrogen-bond donors (Lipinski definition) is 8. The van der Waals surface area contributed by atoms with Gasteiger partial charge in [-0.15, -0.1) is 0 Å². The molecule has 5 unspecified atom stereocenters. The highest BCUT2D eigenvalue weighted by Gasteiger charge is 2.44. The Labute approximate surface area is 185 Å². The minimum absolute atomic E-state index is 0.174. The third-order valence-corrected chi connectivity index (χ3v) is 5.21. The lowest BCUT2D eigenvalue weighted by Gasteiger charge is -2.39. The molecule has 0 aliphatic carbocycles. The SMILES string of the molecule is OCC1O[C@@H](OCC/C=C\C=C\CCO[C@H]2OC(CO)[C@@H](O)[C@H](O)C2O)C(O)C(O)[C@H]1O. The van der Waals surface area contributed by atoms with Crippen LogP contribution in [0.4, 0.5) is 0 Å². The fraction of sp³-hybridized carbons (Fsp3) is 0.800. The lowest BCUT2D eigenvalue weighted by atomic mass is 9.99. The van der Waals surface area contributed by atoms with E-state index in [1.807, 2.05) is 0 Å². The quantitative estimate of drug-likeness (QED) is 0.111. The van der Waals surface area contributed by atoms with Crippen LogP contribution in [0.2, 0.25) is 0 Å². The van der Waals surface area contributed by atoms with E-state index in [2.05, 4.69) is 0 Å². The molecule has 2 saturated heterocycles. The maximum Gasteiger partial charge on any atom is 0.186 e. The Morgan fingerprint density at radius 2 is 0.938 bits per heavy atom. The van der Waals surface area contributed by atoms with Crippen LogP contribution in [0.15, 0.2) is 24.3 Å². The molecule has 0 radical (unpaired) electrons. The van der Waals surface area contributed by atoms with Crippen LogP contribution < -0.4 is 0 Å². The minimum Gasteiger partial charge on any atom is -0.394 e. The molecule has 10 atom stereocenters. The summed E-state index contributed by atoms with van der Waals surface area (Å²) in [6, 6.07) is 0. The van der Waals surface area contributed by atoms with Gasteiger partial charge >= 0.3 is 0 Å². The second-order valence-corrected chi connectivity index (χ2v) is 7.57. The van der Waals surface area contributed by atoms with E-state index in [4.69, 9.17) is 29.2 Å². The molecule has 2 fully saturated rings. The molecule has 32 heavy (non-hydrogen) atoms. The first-order valence-electron chi connectivity index (χ1n) is 10.5. The molecule has 0 aromatic heterocycles. The summed E-state index contributed by atoms with van der Waals surface area (Å²) in [4.78, 5) is 0. The first kappa shape index (κ1) is 27.2. The van der Waals surface area contributed by atoms with Crippen molar-refractivity contribution >= 4 is 0 Å². The molecule has 2 heterocycles. The number of rotatable bonds is 11. The van der Waals surface area contributed by atoms with Crippen LogP contribution in [0, 0.1) is 0 Å². The van der Waals surface area contributed by atoms with Crippen molar-refractivity contribution < 1.29 is 59.8 Å². The predicted octanol–water partition coefficient (Wildman–Crippen LogP) is -3.49. The van der Waals surface area contributed by atoms with E-state index in [1.165, 1.54) is 0 Å². The van der Waals surface area contributed by atoms with Crippen molar-refractivity contribution in [3.63, 3.8) is 0 Å². The maximum atomic E-state index is 9.87. The molecule has 0 aromatic rings. The normalized spacial score (nSPS) is 41.0. The van der Waals surface area contributed by atoms with Crippen molar-refractivity contribution in [1.82, 2.24) is 0 Å². The Hall–Kier alpha value is -1.00. The summed E-state index contributed by atoms with van der Waals surface area (Å²) in [5.41, 5.74) is 0. The highest BCUT2D eigenvalue weighted by molar-refractivity contribution is 5.02. The van der Waals surface area contributed by atoms with Gasteiger partial charge in [-0.25, -0.2) is 0 Å². The minimum atomic E-state index is -1.48. The summed E-state index contributed by atoms with van der Waals surface area (Å²) in [6.07, 6.45) is -4.97. The van der Waals surface area contributed by atoms with Crippen molar-refractivity contribution in [2.24, 2.45) is 0 Å². The van der Waals surface area contributed by atoms with Crippen LogP contribution in [0.3, 0.4) is 0 Å². The zero-order chi connectivity index (χ0) is 23.7. The van der Waals surface area contributed by atoms with E-state index in [9.17, 15) is 30.6 Å². The smallest absolute Gasteiger partial charge is 0.186 e. The van der Waals surface area contributed by atoms with Crippen LogP contribution in [0.25, 0.3) is 0 Å². The first-order chi connectivity index (χ1) is 15.3. The van der Waals surface area contributed by atoms with Crippen LogP contribution in [-0.2, 0) is 18.9 Å². The second kappa shape index (κ2) is 13.6. The van der Waals surface area contributed by atoms with Gasteiger partial charge in [0, 0.05) is 0 Å². The number of hydrogen-bond acceptors (Lipinski definition) is 12. The van der Waals surface area contributed by atoms with E-state index < -0.39 is 74.6 Å². The van der Waals surface area contributed by atoms with Crippen molar-refractivity contribution in [1.29, 1.82) is 0 Å². The molecule has 12 heteroatoms. The Balaban J connectivity index is 1.60. The molecule has 2 rings (SSSR count). The average molecular weight is 466 g/mol. The Morgan fingerprint density at radius 1 is 0.562 bits per heavy atom. The molecular formula is C20H34O12. The highest BCUT2D eigenvalue weighted by Crippen LogP contribution is 2.23. The summed E-state index contributed by atoms with van der Waals surface area (Å²) in [5.74, 6) is 0. The second-order valence-electron chi connectivity index (χ2n) is 7.57. The lowest BCUT2D eigenvalue weighted by Crippen LogP contribution is -2.59. The topological polar surface area (TPSA) is 199 Å². The average Bonchev–Trinajstić information content (AvgIpc) is 2.79. The fourth-order valence-electron chi connectivity index (χ4n) is 3.26. The summed E-state index contributed by atoms with van der Waals surface area (Å²) >= 11 is 0. The first-order valence-corrected chi connectivity index (χ1v) is 10.5. The lowest BCUT2D eigenvalue weighted by molar-refractivity contribution is -0.300. The van der Waals surface area contributed by atoms with Crippen molar-refractivity contribution in [3.05, 3.63) is 24.3 Å². The molecular weight excluding hydrogens is 432 g/mol. The number of aliphatic hydroxyl groups is 8. The van der Waals surface area contributed by atoms with Gasteiger partial charge in [-0.05, 0) is 12.8 Å². The van der Waals surface area contributed by atoms with Gasteiger partial charge < -0.3 is 59.8 Å².